The van der Waals surface area contributed by atoms with Crippen LogP contribution in [0.15, 0.2) is 56.6 Å². The molecular weight excluding hydrogens is 499 g/mol. The summed E-state index contributed by atoms with van der Waals surface area (Å²) in [5, 5.41) is 2.48. The van der Waals surface area contributed by atoms with Gasteiger partial charge in [0.05, 0.1) is 10.4 Å². The molecule has 0 bridgehead atoms. The number of benzene rings is 2. The van der Waals surface area contributed by atoms with Crippen LogP contribution in [-0.4, -0.2) is 43.3 Å². The predicted molar refractivity (Wildman–Crippen MR) is 120 cm³/mol. The van der Waals surface area contributed by atoms with E-state index in [0.29, 0.717) is 11.3 Å². The third kappa shape index (κ3) is 6.33. The Morgan fingerprint density at radius 3 is 2.50 bits per heavy atom. The number of carbonyl (C=O) groups is 1. The van der Waals surface area contributed by atoms with E-state index in [0.717, 1.165) is 12.1 Å². The van der Waals surface area contributed by atoms with E-state index in [1.807, 2.05) is 0 Å². The zero-order valence-electron chi connectivity index (χ0n) is 17.9. The molecule has 9 nitrogen and oxygen atoms in total. The van der Waals surface area contributed by atoms with Gasteiger partial charge in [-0.25, -0.2) is 13.2 Å². The quantitative estimate of drug-likeness (QED) is 0.446. The average molecular weight is 520 g/mol. The molecule has 0 saturated carbocycles. The van der Waals surface area contributed by atoms with Gasteiger partial charge in [-0.3, -0.25) is 9.36 Å². The highest BCUT2D eigenvalue weighted by atomic mass is 32.2. The fraction of sp³-hybridized carbons (Fsp3) is 0.300. The summed E-state index contributed by atoms with van der Waals surface area (Å²) in [6, 6.07) is 7.14. The maximum absolute atomic E-state index is 12.9. The van der Waals surface area contributed by atoms with Gasteiger partial charge in [0.1, 0.15) is 11.8 Å². The van der Waals surface area contributed by atoms with E-state index in [2.05, 4.69) is 14.8 Å². The molecule has 34 heavy (non-hydrogen) atoms. The zero-order valence-corrected chi connectivity index (χ0v) is 19.5. The molecule has 2 N–H and O–H groups in total. The van der Waals surface area contributed by atoms with Gasteiger partial charge in [-0.2, -0.15) is 16.5 Å². The molecule has 0 spiro atoms. The van der Waals surface area contributed by atoms with Crippen LogP contribution in [0.25, 0.3) is 11.1 Å². The van der Waals surface area contributed by atoms with Crippen LogP contribution in [0.5, 0.6) is 5.75 Å². The summed E-state index contributed by atoms with van der Waals surface area (Å²) in [6.07, 6.45) is -2.92. The molecule has 1 amide bonds. The number of nitrogens with zero attached hydrogens (tertiary/aromatic N) is 1. The van der Waals surface area contributed by atoms with Crippen molar-refractivity contribution in [2.24, 2.45) is 7.05 Å². The Hall–Kier alpha value is -2.97. The van der Waals surface area contributed by atoms with Crippen molar-refractivity contribution >= 4 is 44.5 Å². The first-order valence-electron chi connectivity index (χ1n) is 9.67. The van der Waals surface area contributed by atoms with Crippen molar-refractivity contribution in [2.45, 2.75) is 23.7 Å². The average Bonchev–Trinajstić information content (AvgIpc) is 3.04. The second-order valence-electron chi connectivity index (χ2n) is 7.07. The van der Waals surface area contributed by atoms with Gasteiger partial charge in [-0.05, 0) is 54.8 Å². The van der Waals surface area contributed by atoms with Gasteiger partial charge in [0, 0.05) is 18.8 Å². The second kappa shape index (κ2) is 10.1. The fourth-order valence-electron chi connectivity index (χ4n) is 2.99. The number of carbonyl (C=O) groups excluding carboxylic acids is 1. The van der Waals surface area contributed by atoms with E-state index in [1.54, 1.807) is 6.26 Å². The number of amides is 1. The molecule has 1 aromatic heterocycles. The van der Waals surface area contributed by atoms with Crippen molar-refractivity contribution in [3.63, 3.8) is 0 Å². The lowest BCUT2D eigenvalue weighted by molar-refractivity contribution is -0.274. The summed E-state index contributed by atoms with van der Waals surface area (Å²) in [4.78, 5) is 24.2. The molecule has 3 rings (SSSR count). The molecule has 0 saturated heterocycles. The lowest BCUT2D eigenvalue weighted by Crippen LogP contribution is -2.44. The summed E-state index contributed by atoms with van der Waals surface area (Å²) < 4.78 is 75.1. The standard InChI is InChI=1S/C20H20F3N3O6S2/c1-26-16-8-7-14(11-17(16)31-19(26)28)34(29,30)25-15(9-10-33-2)18(27)24-12-3-5-13(6-4-12)32-20(21,22)23/h3-8,11,15,25H,9-10H2,1-2H3,(H,24,27). The highest BCUT2D eigenvalue weighted by molar-refractivity contribution is 7.98. The van der Waals surface area contributed by atoms with E-state index >= 15 is 0 Å². The monoisotopic (exact) mass is 519 g/mol. The first kappa shape index (κ1) is 25.6. The number of rotatable bonds is 9. The third-order valence-corrected chi connectivity index (χ3v) is 6.77. The molecule has 3 aromatic rings. The molecule has 0 aliphatic heterocycles. The maximum Gasteiger partial charge on any atom is 0.573 e. The number of anilines is 1. The largest absolute Gasteiger partial charge is 0.573 e. The third-order valence-electron chi connectivity index (χ3n) is 4.65. The van der Waals surface area contributed by atoms with Crippen molar-refractivity contribution in [2.75, 3.05) is 17.3 Å². The van der Waals surface area contributed by atoms with Gasteiger partial charge < -0.3 is 14.5 Å². The number of oxazole rings is 1. The number of thioether (sulfide) groups is 1. The van der Waals surface area contributed by atoms with Crippen LogP contribution in [0.3, 0.4) is 0 Å². The molecule has 184 valence electrons. The van der Waals surface area contributed by atoms with Gasteiger partial charge in [-0.1, -0.05) is 0 Å². The maximum atomic E-state index is 12.9. The lowest BCUT2D eigenvalue weighted by atomic mass is 10.2. The molecule has 0 radical (unpaired) electrons. The van der Waals surface area contributed by atoms with Gasteiger partial charge in [-0.15, -0.1) is 13.2 Å². The van der Waals surface area contributed by atoms with Crippen molar-refractivity contribution in [1.29, 1.82) is 0 Å². The van der Waals surface area contributed by atoms with Crippen LogP contribution in [0.4, 0.5) is 18.9 Å². The Morgan fingerprint density at radius 2 is 1.88 bits per heavy atom. The van der Waals surface area contributed by atoms with Crippen LogP contribution < -0.4 is 20.5 Å². The molecule has 1 heterocycles. The number of nitrogens with one attached hydrogen (secondary N) is 2. The summed E-state index contributed by atoms with van der Waals surface area (Å²) in [5.74, 6) is -1.37. The van der Waals surface area contributed by atoms with Crippen molar-refractivity contribution in [3.8, 4) is 5.75 Å². The van der Waals surface area contributed by atoms with Crippen LogP contribution in [0.2, 0.25) is 0 Å². The Bertz CT molecular complexity index is 1330. The number of aromatic nitrogens is 1. The lowest BCUT2D eigenvalue weighted by Gasteiger charge is -2.18. The molecular formula is C20H20F3N3O6S2. The highest BCUT2D eigenvalue weighted by Crippen LogP contribution is 2.24. The second-order valence-corrected chi connectivity index (χ2v) is 9.77. The highest BCUT2D eigenvalue weighted by Gasteiger charge is 2.31. The number of alkyl halides is 3. The summed E-state index contributed by atoms with van der Waals surface area (Å²) in [5.41, 5.74) is 0.626. The van der Waals surface area contributed by atoms with E-state index in [9.17, 15) is 31.2 Å². The Kier molecular flexibility index (Phi) is 7.63. The number of halogens is 3. The molecule has 1 unspecified atom stereocenters. The van der Waals surface area contributed by atoms with Gasteiger partial charge in [0.25, 0.3) is 0 Å². The Morgan fingerprint density at radius 1 is 1.21 bits per heavy atom. The number of hydrogen-bond donors (Lipinski definition) is 2. The minimum absolute atomic E-state index is 0.0710. The van der Waals surface area contributed by atoms with E-state index in [4.69, 9.17) is 4.42 Å². The van der Waals surface area contributed by atoms with Gasteiger partial charge in [0.15, 0.2) is 5.58 Å². The molecule has 14 heteroatoms. The van der Waals surface area contributed by atoms with Crippen LogP contribution in [0, 0.1) is 0 Å². The first-order valence-corrected chi connectivity index (χ1v) is 12.5. The van der Waals surface area contributed by atoms with Gasteiger partial charge in [0.2, 0.25) is 15.9 Å². The Labute approximate surface area is 196 Å². The number of fused-ring (bicyclic) bond motifs is 1. The fourth-order valence-corrected chi connectivity index (χ4v) is 4.70. The number of aryl methyl sites for hydroxylation is 1. The smallest absolute Gasteiger partial charge is 0.408 e. The van der Waals surface area contributed by atoms with Crippen molar-refractivity contribution in [3.05, 3.63) is 53.0 Å². The van der Waals surface area contributed by atoms with E-state index < -0.39 is 39.8 Å². The Balaban J connectivity index is 1.78. The normalized spacial score (nSPS) is 13.1. The molecule has 0 fully saturated rings. The SMILES string of the molecule is CSCCC(NS(=O)(=O)c1ccc2c(c1)oc(=O)n2C)C(=O)Nc1ccc(OC(F)(F)F)cc1. The molecule has 0 aliphatic carbocycles. The topological polar surface area (TPSA) is 120 Å². The minimum atomic E-state index is -4.85. The van der Waals surface area contributed by atoms with Crippen LogP contribution in [-0.2, 0) is 21.9 Å². The van der Waals surface area contributed by atoms with Crippen LogP contribution >= 0.6 is 11.8 Å². The number of ether oxygens (including phenoxy) is 1. The van der Waals surface area contributed by atoms with Crippen molar-refractivity contribution in [1.82, 2.24) is 9.29 Å². The number of hydrogen-bond acceptors (Lipinski definition) is 7. The predicted octanol–water partition coefficient (Wildman–Crippen LogP) is 3.07. The molecule has 0 aliphatic rings. The zero-order chi connectivity index (χ0) is 25.1. The minimum Gasteiger partial charge on any atom is -0.408 e. The summed E-state index contributed by atoms with van der Waals surface area (Å²) in [6.45, 7) is 0. The molecule has 2 aromatic carbocycles. The van der Waals surface area contributed by atoms with Gasteiger partial charge >= 0.3 is 12.1 Å². The number of sulfonamides is 1. The first-order chi connectivity index (χ1) is 15.9. The van der Waals surface area contributed by atoms with E-state index in [-0.39, 0.29) is 22.6 Å². The molecule has 1 atom stereocenters. The van der Waals surface area contributed by atoms with Crippen LogP contribution in [0.1, 0.15) is 6.42 Å². The summed E-state index contributed by atoms with van der Waals surface area (Å²) in [7, 11) is -2.71. The van der Waals surface area contributed by atoms with E-state index in [1.165, 1.54) is 53.7 Å². The van der Waals surface area contributed by atoms with Crippen molar-refractivity contribution < 1.29 is 35.5 Å². The summed E-state index contributed by atoms with van der Waals surface area (Å²) >= 11 is 1.40.